The molecule has 0 aliphatic heterocycles. The van der Waals surface area contributed by atoms with Crippen molar-refractivity contribution in [1.82, 2.24) is 13.7 Å². The van der Waals surface area contributed by atoms with Crippen LogP contribution in [0.2, 0.25) is 0 Å². The first-order valence-electron chi connectivity index (χ1n) is 46.6. The lowest BCUT2D eigenvalue weighted by molar-refractivity contribution is 0.664. The van der Waals surface area contributed by atoms with Gasteiger partial charge in [0, 0.05) is 168 Å². The van der Waals surface area contributed by atoms with Crippen LogP contribution in [-0.4, -0.2) is 13.7 Å². The van der Waals surface area contributed by atoms with Crippen molar-refractivity contribution in [3.63, 3.8) is 0 Å². The summed E-state index contributed by atoms with van der Waals surface area (Å²) >= 11 is 3.71. The van der Waals surface area contributed by atoms with E-state index in [0.29, 0.717) is 0 Å². The third-order valence-corrected chi connectivity index (χ3v) is 29.9. The summed E-state index contributed by atoms with van der Waals surface area (Å²) in [5.74, 6) is 0. The number of thiophene rings is 2. The van der Waals surface area contributed by atoms with Gasteiger partial charge in [0.05, 0.1) is 49.3 Å². The highest BCUT2D eigenvalue weighted by atomic mass is 32.1. The molecule has 0 atom stereocenters. The summed E-state index contributed by atoms with van der Waals surface area (Å²) < 4.78 is 38.8. The van der Waals surface area contributed by atoms with E-state index in [-0.39, 0.29) is 0 Å². The van der Waals surface area contributed by atoms with Crippen molar-refractivity contribution in [3.8, 4) is 17.1 Å². The number of para-hydroxylation sites is 11. The fraction of sp³-hybridized carbons (Fsp3) is 0. The van der Waals surface area contributed by atoms with Crippen molar-refractivity contribution in [2.75, 3.05) is 14.7 Å². The predicted molar refractivity (Wildman–Crippen MR) is 581 cm³/mol. The van der Waals surface area contributed by atoms with Crippen LogP contribution in [0, 0.1) is 0 Å². The molecule has 0 radical (unpaired) electrons. The average Bonchev–Trinajstić information content (AvgIpc) is 1.55. The second-order valence-corrected chi connectivity index (χ2v) is 37.3. The Labute approximate surface area is 797 Å². The Morgan fingerprint density at radius 2 is 0.449 bits per heavy atom. The molecule has 0 fully saturated rings. The lowest BCUT2D eigenvalue weighted by Gasteiger charge is -2.25. The molecule has 0 spiro atoms. The van der Waals surface area contributed by atoms with Gasteiger partial charge in [0.15, 0.2) is 0 Å². The number of furan rings is 4. The number of aromatic nitrogens is 3. The van der Waals surface area contributed by atoms with E-state index in [9.17, 15) is 0 Å². The predicted octanol–water partition coefficient (Wildman–Crippen LogP) is 37.1. The topological polar surface area (TPSA) is 77.1 Å². The maximum absolute atomic E-state index is 7.05. The minimum Gasteiger partial charge on any atom is -0.456 e. The van der Waals surface area contributed by atoms with Gasteiger partial charge in [-0.2, -0.15) is 0 Å². The van der Waals surface area contributed by atoms with Gasteiger partial charge in [-0.05, 0) is 249 Å². The molecule has 9 aromatic heterocycles. The molecule has 0 saturated heterocycles. The van der Waals surface area contributed by atoms with E-state index in [1.807, 2.05) is 40.9 Å². The number of nitrogens with zero attached hydrogens (tertiary/aromatic N) is 6. The molecular weight excluding hydrogens is 1730 g/mol. The van der Waals surface area contributed by atoms with Crippen LogP contribution in [0.1, 0.15) is 0 Å². The van der Waals surface area contributed by atoms with E-state index in [1.54, 1.807) is 0 Å². The number of anilines is 9. The number of benzene rings is 21. The zero-order chi connectivity index (χ0) is 90.6. The lowest BCUT2D eigenvalue weighted by Crippen LogP contribution is -2.09. The summed E-state index contributed by atoms with van der Waals surface area (Å²) in [5.41, 5.74) is 27.4. The molecule has 138 heavy (non-hydrogen) atoms. The molecule has 30 rings (SSSR count). The molecule has 10 nitrogen and oxygen atoms in total. The first-order valence-corrected chi connectivity index (χ1v) is 48.2. The van der Waals surface area contributed by atoms with Crippen molar-refractivity contribution < 1.29 is 17.7 Å². The van der Waals surface area contributed by atoms with Gasteiger partial charge in [-0.1, -0.05) is 224 Å². The number of rotatable bonds is 12. The number of hydrogen-bond donors (Lipinski definition) is 0. The smallest absolute Gasteiger partial charge is 0.147 e. The summed E-state index contributed by atoms with van der Waals surface area (Å²) in [6, 6.07) is 168. The van der Waals surface area contributed by atoms with Crippen LogP contribution in [0.3, 0.4) is 0 Å². The van der Waals surface area contributed by atoms with Crippen molar-refractivity contribution in [2.24, 2.45) is 0 Å². The molecule has 21 aromatic carbocycles. The second-order valence-electron chi connectivity index (χ2n) is 35.2. The van der Waals surface area contributed by atoms with Crippen LogP contribution in [0.15, 0.2) is 491 Å². The van der Waals surface area contributed by atoms with E-state index in [1.165, 1.54) is 72.9 Å². The minimum atomic E-state index is 0.833. The fourth-order valence-corrected chi connectivity index (χ4v) is 24.1. The lowest BCUT2D eigenvalue weighted by atomic mass is 10.1. The van der Waals surface area contributed by atoms with Crippen molar-refractivity contribution in [3.05, 3.63) is 473 Å². The van der Waals surface area contributed by atoms with Gasteiger partial charge in [-0.15, -0.1) is 22.7 Å². The van der Waals surface area contributed by atoms with Crippen LogP contribution in [-0.2, 0) is 0 Å². The summed E-state index contributed by atoms with van der Waals surface area (Å²) in [6.45, 7) is 0. The molecule has 0 amide bonds. The van der Waals surface area contributed by atoms with Crippen molar-refractivity contribution in [2.45, 2.75) is 0 Å². The Hall–Kier alpha value is -17.9. The van der Waals surface area contributed by atoms with E-state index in [4.69, 9.17) is 17.7 Å². The molecule has 0 aliphatic carbocycles. The zero-order valence-corrected chi connectivity index (χ0v) is 75.8. The molecule has 30 aromatic rings. The van der Waals surface area contributed by atoms with Gasteiger partial charge in [0.1, 0.15) is 44.7 Å². The summed E-state index contributed by atoms with van der Waals surface area (Å²) in [6.07, 6.45) is 0. The third kappa shape index (κ3) is 12.5. The van der Waals surface area contributed by atoms with Gasteiger partial charge in [-0.3, -0.25) is 0 Å². The van der Waals surface area contributed by atoms with Gasteiger partial charge >= 0.3 is 0 Å². The Balaban J connectivity index is 0.000000102. The SMILES string of the molecule is c1ccc(N(c2ccccc2)c2ccc3c(c2)c2c4oc5c(ccc6oc7ccccc7c65)c4ccc2n3-c2ccccc2)cc1.c1ccc(N(c2ccccc2)c2ccc3c(c2)c2c4oc5c(ccc6sc7ccccc7c65)c4ccc2n3-c2ccccc2)cc1.c1ccc(N(c2ccccc2)c2ccc3c(c2)c2c4sc5c(ccc6oc7ccccc7c65)c4ccc2n3-c2ccccc2)cc1. The molecule has 0 saturated carbocycles. The molecule has 0 bridgehead atoms. The van der Waals surface area contributed by atoms with Gasteiger partial charge in [-0.25, -0.2) is 0 Å². The van der Waals surface area contributed by atoms with Gasteiger partial charge in [0.2, 0.25) is 0 Å². The molecular formula is C126H78N6O4S2. The monoisotopic (exact) mass is 1800 g/mol. The van der Waals surface area contributed by atoms with Gasteiger partial charge < -0.3 is 46.1 Å². The number of hydrogen-bond acceptors (Lipinski definition) is 9. The maximum Gasteiger partial charge on any atom is 0.147 e. The largest absolute Gasteiger partial charge is 0.456 e. The molecule has 12 heteroatoms. The van der Waals surface area contributed by atoms with E-state index >= 15 is 0 Å². The zero-order valence-electron chi connectivity index (χ0n) is 74.2. The quantitative estimate of drug-likeness (QED) is 0.121. The maximum atomic E-state index is 7.05. The van der Waals surface area contributed by atoms with Crippen molar-refractivity contribution >= 4 is 267 Å². The highest BCUT2D eigenvalue weighted by molar-refractivity contribution is 7.28. The summed E-state index contributed by atoms with van der Waals surface area (Å²) in [4.78, 5) is 6.98. The van der Waals surface area contributed by atoms with Crippen LogP contribution in [0.5, 0.6) is 0 Å². The van der Waals surface area contributed by atoms with Crippen LogP contribution < -0.4 is 14.7 Å². The Morgan fingerprint density at radius 3 is 0.862 bits per heavy atom. The van der Waals surface area contributed by atoms with Crippen LogP contribution in [0.4, 0.5) is 51.2 Å². The second kappa shape index (κ2) is 31.9. The summed E-state index contributed by atoms with van der Waals surface area (Å²) in [7, 11) is 0. The third-order valence-electron chi connectivity index (χ3n) is 27.5. The Morgan fingerprint density at radius 1 is 0.159 bits per heavy atom. The number of fused-ring (bicyclic) bond motifs is 33. The molecule has 0 N–H and O–H groups in total. The fourth-order valence-electron chi connectivity index (χ4n) is 21.6. The average molecular weight is 1800 g/mol. The van der Waals surface area contributed by atoms with Gasteiger partial charge in [0.25, 0.3) is 0 Å². The summed E-state index contributed by atoms with van der Waals surface area (Å²) in [5, 5.41) is 20.9. The Bertz CT molecular complexity index is 9010. The van der Waals surface area contributed by atoms with Crippen molar-refractivity contribution in [1.29, 1.82) is 0 Å². The highest BCUT2D eigenvalue weighted by Crippen LogP contribution is 2.53. The standard InChI is InChI=1S/C42H26N2O2.2C42H26N2OS/c1-4-12-27(13-5-1)43(28-14-6-2-7-15-28)30-20-23-35-34(26-30)39-36(44(35)29-16-8-3-9-17-29)24-21-31-32-22-25-38-40(42(32)46-41(31)39)33-18-10-11-19-37(33)45-38;1-4-12-27(13-5-1)43(28-14-6-2-7-15-28)30-20-23-35-34(26-30)39-36(44(35)29-16-8-3-9-17-29)24-21-31-32-22-25-38-40(42(32)45-41(31)39)33-18-10-11-19-37(33)46-38;1-4-12-27(13-5-1)43(28-14-6-2-7-15-28)30-20-23-35-34(26-30)39-36(44(35)29-16-8-3-9-17-29)24-21-31-32-22-25-38-40(42(32)46-41(31)39)33-18-10-11-19-37(33)45-38/h3*1-26H. The Kier molecular flexibility index (Phi) is 18.2. The van der Waals surface area contributed by atoms with E-state index < -0.39 is 0 Å². The van der Waals surface area contributed by atoms with Crippen LogP contribution >= 0.6 is 22.7 Å². The molecule has 0 aliphatic rings. The molecule has 648 valence electrons. The van der Waals surface area contributed by atoms with E-state index in [0.717, 1.165) is 189 Å². The van der Waals surface area contributed by atoms with E-state index in [2.05, 4.69) is 483 Å². The minimum absolute atomic E-state index is 0.833. The normalized spacial score (nSPS) is 11.9. The molecule has 0 unspecified atom stereocenters. The van der Waals surface area contributed by atoms with Crippen LogP contribution in [0.25, 0.3) is 211 Å². The molecule has 9 heterocycles. The first kappa shape index (κ1) is 78.7. The highest BCUT2D eigenvalue weighted by Gasteiger charge is 2.29. The first-order chi connectivity index (χ1) is 68.5.